The fourth-order valence-electron chi connectivity index (χ4n) is 5.45. The minimum Gasteiger partial charge on any atom is -0.469 e. The van der Waals surface area contributed by atoms with Crippen LogP contribution >= 0.6 is 23.8 Å². The summed E-state index contributed by atoms with van der Waals surface area (Å²) in [4.78, 5) is 16.8. The van der Waals surface area contributed by atoms with Crippen molar-refractivity contribution in [3.05, 3.63) is 88.1 Å². The molecule has 0 radical (unpaired) electrons. The number of aromatic nitrogens is 1. The molecule has 2 fully saturated rings. The van der Waals surface area contributed by atoms with Crippen molar-refractivity contribution in [3.63, 3.8) is 0 Å². The van der Waals surface area contributed by atoms with E-state index >= 15 is 0 Å². The molecule has 6 nitrogen and oxygen atoms in total. The average Bonchev–Trinajstić information content (AvgIpc) is 3.66. The Bertz CT molecular complexity index is 1230. The van der Waals surface area contributed by atoms with Crippen molar-refractivity contribution in [2.24, 2.45) is 5.92 Å². The van der Waals surface area contributed by atoms with Gasteiger partial charge in [-0.05, 0) is 60.9 Å². The van der Waals surface area contributed by atoms with Crippen LogP contribution in [0, 0.1) is 5.92 Å². The summed E-state index contributed by atoms with van der Waals surface area (Å²) in [7, 11) is 1.42. The Morgan fingerprint density at radius 2 is 1.73 bits per heavy atom. The van der Waals surface area contributed by atoms with Gasteiger partial charge in [-0.1, -0.05) is 60.2 Å². The third kappa shape index (κ3) is 6.22. The van der Waals surface area contributed by atoms with Gasteiger partial charge in [-0.25, -0.2) is 4.98 Å². The van der Waals surface area contributed by atoms with E-state index < -0.39 is 0 Å². The van der Waals surface area contributed by atoms with Gasteiger partial charge in [0.15, 0.2) is 0 Å². The number of carbonyl (C=O) groups is 1. The molecule has 1 N–H and O–H groups in total. The van der Waals surface area contributed by atoms with Gasteiger partial charge in [-0.15, -0.1) is 0 Å². The monoisotopic (exact) mass is 538 g/mol. The molecule has 4 atom stereocenters. The predicted octanol–water partition coefficient (Wildman–Crippen LogP) is 5.45. The second kappa shape index (κ2) is 11.8. The van der Waals surface area contributed by atoms with Crippen LogP contribution in [-0.4, -0.2) is 41.8 Å². The van der Waals surface area contributed by atoms with E-state index in [0.717, 1.165) is 36.3 Å². The number of benzene rings is 2. The summed E-state index contributed by atoms with van der Waals surface area (Å²) in [6.45, 7) is 0.706. The number of nitrogens with zero attached hydrogens (tertiary/aromatic N) is 1. The van der Waals surface area contributed by atoms with E-state index in [1.807, 2.05) is 24.3 Å². The molecule has 2 saturated heterocycles. The van der Waals surface area contributed by atoms with Gasteiger partial charge in [0.05, 0.1) is 25.2 Å². The maximum Gasteiger partial charge on any atom is 0.305 e. The smallest absolute Gasteiger partial charge is 0.305 e. The molecule has 194 valence electrons. The molecule has 2 aromatic carbocycles. The van der Waals surface area contributed by atoms with Crippen molar-refractivity contribution < 1.29 is 18.7 Å². The minimum absolute atomic E-state index is 0.114. The number of aryl methyl sites for hydroxylation is 1. The Labute approximate surface area is 227 Å². The van der Waals surface area contributed by atoms with E-state index in [2.05, 4.69) is 29.6 Å². The number of fused-ring (bicyclic) bond motifs is 2. The third-order valence-electron chi connectivity index (χ3n) is 7.42. The fraction of sp³-hybridized carbons (Fsp3) is 0.414. The van der Waals surface area contributed by atoms with Gasteiger partial charge >= 0.3 is 5.97 Å². The molecule has 2 aliphatic rings. The summed E-state index contributed by atoms with van der Waals surface area (Å²) in [5.41, 5.74) is 4.24. The van der Waals surface area contributed by atoms with Gasteiger partial charge in [0.2, 0.25) is 5.89 Å². The highest BCUT2D eigenvalue weighted by atomic mass is 35.5. The van der Waals surface area contributed by atoms with Crippen LogP contribution < -0.4 is 5.32 Å². The molecule has 3 heterocycles. The Hall–Kier alpha value is -2.74. The normalized spacial score (nSPS) is 22.2. The first-order valence-electron chi connectivity index (χ1n) is 12.8. The number of hydrogen-bond acceptors (Lipinski definition) is 6. The Morgan fingerprint density at radius 3 is 2.49 bits per heavy atom. The predicted molar refractivity (Wildman–Crippen MR) is 146 cm³/mol. The summed E-state index contributed by atoms with van der Waals surface area (Å²) in [6, 6.07) is 16.3. The van der Waals surface area contributed by atoms with E-state index in [9.17, 15) is 4.79 Å². The molecule has 1 aromatic heterocycles. The molecule has 37 heavy (non-hydrogen) atoms. The van der Waals surface area contributed by atoms with Crippen molar-refractivity contribution in [1.29, 1.82) is 0 Å². The lowest BCUT2D eigenvalue weighted by atomic mass is 9.76. The quantitative estimate of drug-likeness (QED) is 0.272. The second-order valence-electron chi connectivity index (χ2n) is 9.78. The summed E-state index contributed by atoms with van der Waals surface area (Å²) in [6.07, 6.45) is 6.91. The average molecular weight is 539 g/mol. The van der Waals surface area contributed by atoms with E-state index in [-0.39, 0.29) is 24.1 Å². The number of ether oxygens (including phenoxy) is 2. The summed E-state index contributed by atoms with van der Waals surface area (Å²) in [5.74, 6) is 0.942. The highest BCUT2D eigenvalue weighted by Crippen LogP contribution is 2.49. The maximum atomic E-state index is 11.4. The highest BCUT2D eigenvalue weighted by Gasteiger charge is 2.51. The zero-order valence-corrected chi connectivity index (χ0v) is 22.4. The van der Waals surface area contributed by atoms with Gasteiger partial charge in [0.25, 0.3) is 0 Å². The van der Waals surface area contributed by atoms with Crippen LogP contribution in [0.1, 0.15) is 53.5 Å². The molecule has 2 bridgehead atoms. The molecule has 0 spiro atoms. The summed E-state index contributed by atoms with van der Waals surface area (Å²) in [5, 5.41) is 4.03. The van der Waals surface area contributed by atoms with E-state index in [0.29, 0.717) is 41.9 Å². The van der Waals surface area contributed by atoms with Gasteiger partial charge in [-0.2, -0.15) is 0 Å². The van der Waals surface area contributed by atoms with Crippen LogP contribution in [0.5, 0.6) is 0 Å². The first kappa shape index (κ1) is 25.9. The molecule has 0 saturated carbocycles. The van der Waals surface area contributed by atoms with Gasteiger partial charge in [0.1, 0.15) is 16.9 Å². The van der Waals surface area contributed by atoms with Gasteiger partial charge in [0, 0.05) is 23.9 Å². The van der Waals surface area contributed by atoms with Crippen LogP contribution in [-0.2, 0) is 33.5 Å². The Balaban J connectivity index is 1.19. The van der Waals surface area contributed by atoms with Crippen LogP contribution in [0.2, 0.25) is 5.02 Å². The largest absolute Gasteiger partial charge is 0.469 e. The Kier molecular flexibility index (Phi) is 8.23. The zero-order valence-electron chi connectivity index (χ0n) is 20.8. The number of thiocarbonyl (C=S) groups is 1. The number of halogens is 1. The molecule has 4 unspecified atom stereocenters. The lowest BCUT2D eigenvalue weighted by Gasteiger charge is -2.25. The third-order valence-corrected chi connectivity index (χ3v) is 8.02. The molecule has 3 aromatic rings. The van der Waals surface area contributed by atoms with E-state index in [4.69, 9.17) is 42.7 Å². The minimum atomic E-state index is -0.187. The maximum absolute atomic E-state index is 11.4. The summed E-state index contributed by atoms with van der Waals surface area (Å²) < 4.78 is 17.0. The first-order chi connectivity index (χ1) is 18.0. The van der Waals surface area contributed by atoms with Crippen molar-refractivity contribution in [3.8, 4) is 0 Å². The van der Waals surface area contributed by atoms with Crippen molar-refractivity contribution in [1.82, 2.24) is 10.3 Å². The first-order valence-corrected chi connectivity index (χ1v) is 13.6. The number of methoxy groups -OCH3 is 1. The highest BCUT2D eigenvalue weighted by molar-refractivity contribution is 7.80. The SMILES string of the molecule is COC(=O)CCc1ccc(CC2C3CCC(O3)C2c2nc(C(=S)NCCc3ccc(Cl)cc3)co2)cc1. The lowest BCUT2D eigenvalue weighted by Crippen LogP contribution is -2.28. The van der Waals surface area contributed by atoms with Crippen LogP contribution in [0.4, 0.5) is 0 Å². The van der Waals surface area contributed by atoms with E-state index in [1.165, 1.54) is 18.2 Å². The van der Waals surface area contributed by atoms with Gasteiger partial charge < -0.3 is 19.2 Å². The van der Waals surface area contributed by atoms with Crippen LogP contribution in [0.15, 0.2) is 59.2 Å². The standard InChI is InChI=1S/C29H31ClN2O4S/c1-34-26(33)13-8-18-2-4-20(5-3-18)16-22-24-11-12-25(36-24)27(22)28-32-23(17-35-28)29(37)31-15-14-19-6-9-21(30)10-7-19/h2-7,9-10,17,22,24-25,27H,8,11-16H2,1H3,(H,31,37). The number of carbonyl (C=O) groups excluding carboxylic acids is 1. The van der Waals surface area contributed by atoms with Crippen molar-refractivity contribution in [2.45, 2.75) is 56.7 Å². The Morgan fingerprint density at radius 1 is 1.05 bits per heavy atom. The number of esters is 1. The molecule has 2 aliphatic heterocycles. The number of nitrogens with one attached hydrogen (secondary N) is 1. The number of hydrogen-bond donors (Lipinski definition) is 1. The molecular formula is C29H31ClN2O4S. The number of oxazole rings is 1. The van der Waals surface area contributed by atoms with Crippen LogP contribution in [0.25, 0.3) is 0 Å². The van der Waals surface area contributed by atoms with Crippen molar-refractivity contribution >= 4 is 34.8 Å². The topological polar surface area (TPSA) is 73.6 Å². The molecule has 5 rings (SSSR count). The molecular weight excluding hydrogens is 508 g/mol. The zero-order chi connectivity index (χ0) is 25.8. The van der Waals surface area contributed by atoms with Crippen molar-refractivity contribution in [2.75, 3.05) is 13.7 Å². The van der Waals surface area contributed by atoms with Crippen LogP contribution in [0.3, 0.4) is 0 Å². The lowest BCUT2D eigenvalue weighted by molar-refractivity contribution is -0.140. The van der Waals surface area contributed by atoms with E-state index in [1.54, 1.807) is 6.26 Å². The molecule has 0 amide bonds. The summed E-state index contributed by atoms with van der Waals surface area (Å²) >= 11 is 11.6. The fourth-order valence-corrected chi connectivity index (χ4v) is 5.77. The van der Waals surface area contributed by atoms with Gasteiger partial charge in [-0.3, -0.25) is 4.79 Å². The second-order valence-corrected chi connectivity index (χ2v) is 10.6. The molecule has 8 heteroatoms. The molecule has 0 aliphatic carbocycles. The number of rotatable bonds is 10.